The number of benzene rings is 1. The number of para-hydroxylation sites is 1. The first-order chi connectivity index (χ1) is 12.2. The lowest BCUT2D eigenvalue weighted by Crippen LogP contribution is -2.32. The number of aromatic nitrogens is 2. The number of fused-ring (bicyclic) bond motifs is 2. The van der Waals surface area contributed by atoms with Crippen LogP contribution in [0.5, 0.6) is 0 Å². The van der Waals surface area contributed by atoms with E-state index in [1.807, 2.05) is 23.2 Å². The zero-order valence-electron chi connectivity index (χ0n) is 14.8. The van der Waals surface area contributed by atoms with Gasteiger partial charge in [0.05, 0.1) is 6.42 Å². The number of nitrogens with two attached hydrogens (primary N) is 1. The van der Waals surface area contributed by atoms with Gasteiger partial charge in [0.25, 0.3) is 0 Å². The maximum absolute atomic E-state index is 13.0. The molecule has 132 valence electrons. The van der Waals surface area contributed by atoms with Gasteiger partial charge in [0, 0.05) is 42.5 Å². The predicted molar refractivity (Wildman–Crippen MR) is 98.8 cm³/mol. The molecule has 3 heterocycles. The van der Waals surface area contributed by atoms with Gasteiger partial charge in [-0.15, -0.1) is 0 Å². The van der Waals surface area contributed by atoms with Crippen molar-refractivity contribution in [3.63, 3.8) is 0 Å². The second-order valence-electron chi connectivity index (χ2n) is 7.32. The van der Waals surface area contributed by atoms with Gasteiger partial charge in [0.1, 0.15) is 5.82 Å². The minimum absolute atomic E-state index is 0.160. The van der Waals surface area contributed by atoms with Crippen LogP contribution in [0.15, 0.2) is 30.5 Å². The molecule has 2 aromatic rings. The van der Waals surface area contributed by atoms with Crippen LogP contribution in [-0.2, 0) is 17.8 Å². The summed E-state index contributed by atoms with van der Waals surface area (Å²) in [5.74, 6) is 2.13. The van der Waals surface area contributed by atoms with Crippen molar-refractivity contribution in [3.05, 3.63) is 47.5 Å². The third kappa shape index (κ3) is 2.86. The number of carbonyl (C=O) groups is 1. The third-order valence-corrected chi connectivity index (χ3v) is 5.65. The van der Waals surface area contributed by atoms with Crippen molar-refractivity contribution in [2.24, 2.45) is 5.73 Å². The molecule has 2 atom stereocenters. The predicted octanol–water partition coefficient (Wildman–Crippen LogP) is 2.80. The van der Waals surface area contributed by atoms with Gasteiger partial charge >= 0.3 is 0 Å². The van der Waals surface area contributed by atoms with Crippen LogP contribution in [0, 0.1) is 0 Å². The van der Waals surface area contributed by atoms with Crippen LogP contribution < -0.4 is 10.6 Å². The fourth-order valence-electron chi connectivity index (χ4n) is 4.33. The number of rotatable bonds is 4. The average molecular weight is 338 g/mol. The molecule has 0 radical (unpaired) electrons. The van der Waals surface area contributed by atoms with Crippen LogP contribution in [0.2, 0.25) is 0 Å². The molecule has 2 unspecified atom stereocenters. The topological polar surface area (TPSA) is 64.2 Å². The Morgan fingerprint density at radius 2 is 2.20 bits per heavy atom. The Morgan fingerprint density at radius 1 is 1.36 bits per heavy atom. The van der Waals surface area contributed by atoms with Crippen LogP contribution in [0.1, 0.15) is 55.1 Å². The minimum Gasteiger partial charge on any atom is -0.331 e. The molecule has 5 heteroatoms. The van der Waals surface area contributed by atoms with E-state index in [0.717, 1.165) is 43.1 Å². The highest BCUT2D eigenvalue weighted by atomic mass is 16.2. The fourth-order valence-corrected chi connectivity index (χ4v) is 4.33. The Kier molecular flexibility index (Phi) is 4.34. The van der Waals surface area contributed by atoms with Crippen molar-refractivity contribution in [1.29, 1.82) is 0 Å². The van der Waals surface area contributed by atoms with E-state index in [1.165, 1.54) is 12.0 Å². The molecule has 1 aromatic heterocycles. The summed E-state index contributed by atoms with van der Waals surface area (Å²) in [7, 11) is 0. The van der Waals surface area contributed by atoms with Gasteiger partial charge in [0.15, 0.2) is 0 Å². The summed E-state index contributed by atoms with van der Waals surface area (Å²) in [5, 5.41) is 0. The summed E-state index contributed by atoms with van der Waals surface area (Å²) in [6, 6.07) is 8.24. The van der Waals surface area contributed by atoms with Gasteiger partial charge in [-0.05, 0) is 37.4 Å². The molecule has 2 aliphatic rings. The Bertz CT molecular complexity index is 782. The molecule has 0 saturated carbocycles. The van der Waals surface area contributed by atoms with E-state index >= 15 is 0 Å². The highest BCUT2D eigenvalue weighted by Crippen LogP contribution is 2.38. The second-order valence-corrected chi connectivity index (χ2v) is 7.32. The zero-order valence-corrected chi connectivity index (χ0v) is 14.8. The summed E-state index contributed by atoms with van der Waals surface area (Å²) < 4.78 is 2.26. The molecule has 0 fully saturated rings. The van der Waals surface area contributed by atoms with Gasteiger partial charge in [-0.1, -0.05) is 25.1 Å². The van der Waals surface area contributed by atoms with Crippen LogP contribution in [-0.4, -0.2) is 28.5 Å². The van der Waals surface area contributed by atoms with E-state index in [4.69, 9.17) is 5.73 Å². The van der Waals surface area contributed by atoms with E-state index in [-0.39, 0.29) is 5.91 Å². The van der Waals surface area contributed by atoms with Gasteiger partial charge in [-0.3, -0.25) is 4.79 Å². The number of amides is 1. The number of nitrogens with zero attached hydrogens (tertiary/aromatic N) is 3. The van der Waals surface area contributed by atoms with Gasteiger partial charge in [-0.25, -0.2) is 4.98 Å². The highest BCUT2D eigenvalue weighted by Gasteiger charge is 2.32. The largest absolute Gasteiger partial charge is 0.331 e. The minimum atomic E-state index is 0.160. The molecule has 1 amide bonds. The van der Waals surface area contributed by atoms with Gasteiger partial charge in [-0.2, -0.15) is 0 Å². The van der Waals surface area contributed by atoms with Crippen LogP contribution in [0.3, 0.4) is 0 Å². The van der Waals surface area contributed by atoms with E-state index in [2.05, 4.69) is 28.6 Å². The molecule has 2 aliphatic heterocycles. The molecular formula is C20H26N4O. The first kappa shape index (κ1) is 16.3. The van der Waals surface area contributed by atoms with Crippen molar-refractivity contribution < 1.29 is 4.79 Å². The standard InChI is InChI=1S/C20H26N4O/c1-14-5-4-10-23-16(12-22-20(14)23)11-19(25)24-13-15(8-9-21)17-6-2-3-7-18(17)24/h2-3,6-7,12,14-15H,4-5,8-11,13,21H2,1H3. The Morgan fingerprint density at radius 3 is 3.04 bits per heavy atom. The van der Waals surface area contributed by atoms with Crippen molar-refractivity contribution >= 4 is 11.6 Å². The molecule has 4 rings (SSSR count). The summed E-state index contributed by atoms with van der Waals surface area (Å²) in [4.78, 5) is 19.6. The lowest BCUT2D eigenvalue weighted by molar-refractivity contribution is -0.118. The first-order valence-corrected chi connectivity index (χ1v) is 9.32. The van der Waals surface area contributed by atoms with Crippen molar-refractivity contribution in [2.45, 2.75) is 51.0 Å². The number of imidazole rings is 1. The van der Waals surface area contributed by atoms with E-state index in [0.29, 0.717) is 24.8 Å². The fraction of sp³-hybridized carbons (Fsp3) is 0.500. The molecule has 5 nitrogen and oxygen atoms in total. The molecule has 0 spiro atoms. The van der Waals surface area contributed by atoms with Crippen molar-refractivity contribution in [3.8, 4) is 0 Å². The Hall–Kier alpha value is -2.14. The van der Waals surface area contributed by atoms with Crippen LogP contribution >= 0.6 is 0 Å². The lowest BCUT2D eigenvalue weighted by Gasteiger charge is -2.23. The van der Waals surface area contributed by atoms with E-state index in [1.54, 1.807) is 0 Å². The van der Waals surface area contributed by atoms with Crippen LogP contribution in [0.4, 0.5) is 5.69 Å². The maximum atomic E-state index is 13.0. The molecule has 25 heavy (non-hydrogen) atoms. The molecular weight excluding hydrogens is 312 g/mol. The van der Waals surface area contributed by atoms with Gasteiger partial charge in [0.2, 0.25) is 5.91 Å². The third-order valence-electron chi connectivity index (χ3n) is 5.65. The molecule has 0 bridgehead atoms. The zero-order chi connectivity index (χ0) is 17.4. The lowest BCUT2D eigenvalue weighted by atomic mass is 9.98. The first-order valence-electron chi connectivity index (χ1n) is 9.32. The summed E-state index contributed by atoms with van der Waals surface area (Å²) >= 11 is 0. The average Bonchev–Trinajstić information content (AvgIpc) is 3.19. The molecule has 0 aliphatic carbocycles. The number of anilines is 1. The quantitative estimate of drug-likeness (QED) is 0.932. The van der Waals surface area contributed by atoms with Crippen molar-refractivity contribution in [1.82, 2.24) is 9.55 Å². The number of hydrogen-bond donors (Lipinski definition) is 1. The Balaban J connectivity index is 1.56. The SMILES string of the molecule is CC1CCCn2c(CC(=O)N3CC(CCN)c4ccccc43)cnc21. The van der Waals surface area contributed by atoms with Crippen molar-refractivity contribution in [2.75, 3.05) is 18.0 Å². The smallest absolute Gasteiger partial charge is 0.233 e. The Labute approximate surface area is 148 Å². The van der Waals surface area contributed by atoms with Crippen LogP contribution in [0.25, 0.3) is 0 Å². The molecule has 0 saturated heterocycles. The summed E-state index contributed by atoms with van der Waals surface area (Å²) in [6.07, 6.45) is 5.58. The van der Waals surface area contributed by atoms with E-state index < -0.39 is 0 Å². The highest BCUT2D eigenvalue weighted by molar-refractivity contribution is 5.97. The summed E-state index contributed by atoms with van der Waals surface area (Å²) in [5.41, 5.74) is 9.13. The molecule has 1 aromatic carbocycles. The second kappa shape index (κ2) is 6.64. The maximum Gasteiger partial charge on any atom is 0.233 e. The number of carbonyl (C=O) groups excluding carboxylic acids is 1. The summed E-state index contributed by atoms with van der Waals surface area (Å²) in [6.45, 7) is 4.59. The van der Waals surface area contributed by atoms with Gasteiger partial charge < -0.3 is 15.2 Å². The normalized spacial score (nSPS) is 21.9. The number of hydrogen-bond acceptors (Lipinski definition) is 3. The van der Waals surface area contributed by atoms with E-state index in [9.17, 15) is 4.79 Å². The monoisotopic (exact) mass is 338 g/mol. The molecule has 2 N–H and O–H groups in total.